The molecular weight excluding hydrogens is 282 g/mol. The number of aliphatic hydroxyl groups is 2. The smallest absolute Gasteiger partial charge is 0.247 e. The third-order valence-electron chi connectivity index (χ3n) is 3.19. The molecule has 0 aliphatic carbocycles. The first-order valence-electron chi connectivity index (χ1n) is 6.43. The average molecular weight is 305 g/mol. The van der Waals surface area contributed by atoms with Crippen molar-refractivity contribution in [3.63, 3.8) is 0 Å². The molecule has 0 saturated heterocycles. The van der Waals surface area contributed by atoms with Crippen molar-refractivity contribution in [3.05, 3.63) is 11.4 Å². The Hall–Kier alpha value is -0.960. The van der Waals surface area contributed by atoms with E-state index in [1.165, 1.54) is 8.99 Å². The summed E-state index contributed by atoms with van der Waals surface area (Å²) in [7, 11) is -2.08. The molecule has 1 aromatic heterocycles. The van der Waals surface area contributed by atoms with Crippen LogP contribution in [-0.2, 0) is 17.1 Å². The number of nitrogens with zero attached hydrogens (tertiary/aromatic N) is 3. The number of rotatable bonds is 6. The number of aryl methyl sites for hydroxylation is 2. The summed E-state index contributed by atoms with van der Waals surface area (Å²) >= 11 is 0. The molecule has 1 rings (SSSR count). The molecule has 0 spiro atoms. The maximum Gasteiger partial charge on any atom is 0.247 e. The topological polar surface area (TPSA) is 95.7 Å². The Morgan fingerprint density at radius 2 is 1.90 bits per heavy atom. The molecule has 1 aromatic rings. The minimum absolute atomic E-state index is 0.149. The number of aliphatic hydroxyl groups excluding tert-OH is 2. The second-order valence-corrected chi connectivity index (χ2v) is 6.96. The predicted molar refractivity (Wildman–Crippen MR) is 74.8 cm³/mol. The van der Waals surface area contributed by atoms with E-state index < -0.39 is 22.7 Å². The molecule has 20 heavy (non-hydrogen) atoms. The normalized spacial score (nSPS) is 14.2. The zero-order valence-corrected chi connectivity index (χ0v) is 13.3. The molecule has 0 bridgehead atoms. The summed E-state index contributed by atoms with van der Waals surface area (Å²) in [5.41, 5.74) is 0.973. The lowest BCUT2D eigenvalue weighted by atomic mass is 10.3. The molecule has 0 aromatic carbocycles. The van der Waals surface area contributed by atoms with Crippen molar-refractivity contribution in [2.24, 2.45) is 7.05 Å². The van der Waals surface area contributed by atoms with Crippen molar-refractivity contribution in [1.29, 1.82) is 0 Å². The van der Waals surface area contributed by atoms with Crippen LogP contribution in [0.15, 0.2) is 4.90 Å². The van der Waals surface area contributed by atoms with Crippen LogP contribution in [0, 0.1) is 13.8 Å². The maximum absolute atomic E-state index is 12.8. The summed E-state index contributed by atoms with van der Waals surface area (Å²) in [5, 5.41) is 22.6. The zero-order valence-electron chi connectivity index (χ0n) is 12.5. The van der Waals surface area contributed by atoms with E-state index >= 15 is 0 Å². The van der Waals surface area contributed by atoms with Gasteiger partial charge in [0.2, 0.25) is 10.0 Å². The number of aromatic nitrogens is 2. The van der Waals surface area contributed by atoms with Crippen LogP contribution in [0.3, 0.4) is 0 Å². The molecule has 116 valence electrons. The fourth-order valence-corrected chi connectivity index (χ4v) is 4.17. The zero-order chi connectivity index (χ0) is 15.7. The van der Waals surface area contributed by atoms with Crippen molar-refractivity contribution >= 4 is 10.0 Å². The van der Waals surface area contributed by atoms with Crippen molar-refractivity contribution in [2.75, 3.05) is 13.2 Å². The van der Waals surface area contributed by atoms with Crippen LogP contribution in [0.1, 0.15) is 25.2 Å². The van der Waals surface area contributed by atoms with Crippen LogP contribution < -0.4 is 0 Å². The van der Waals surface area contributed by atoms with Gasteiger partial charge in [0, 0.05) is 19.6 Å². The summed E-state index contributed by atoms with van der Waals surface area (Å²) in [5.74, 6) is 0. The lowest BCUT2D eigenvalue weighted by Crippen LogP contribution is -2.43. The fourth-order valence-electron chi connectivity index (χ4n) is 2.10. The maximum atomic E-state index is 12.8. The highest BCUT2D eigenvalue weighted by Crippen LogP contribution is 2.24. The van der Waals surface area contributed by atoms with E-state index in [4.69, 9.17) is 5.11 Å². The Morgan fingerprint density at radius 3 is 2.25 bits per heavy atom. The van der Waals surface area contributed by atoms with Crippen molar-refractivity contribution in [3.8, 4) is 0 Å². The largest absolute Gasteiger partial charge is 0.394 e. The van der Waals surface area contributed by atoms with E-state index in [0.717, 1.165) is 0 Å². The van der Waals surface area contributed by atoms with Gasteiger partial charge in [-0.05, 0) is 27.7 Å². The first-order chi connectivity index (χ1) is 9.12. The van der Waals surface area contributed by atoms with Crippen LogP contribution in [0.2, 0.25) is 0 Å². The molecule has 0 fully saturated rings. The van der Waals surface area contributed by atoms with Crippen LogP contribution in [0.5, 0.6) is 0 Å². The molecule has 1 atom stereocenters. The Balaban J connectivity index is 3.30. The SMILES string of the molecule is Cc1nn(C)c(C)c1S(=O)(=O)N(CC(O)CO)C(C)C. The fraction of sp³-hybridized carbons (Fsp3) is 0.750. The van der Waals surface area contributed by atoms with Gasteiger partial charge in [0.05, 0.1) is 24.1 Å². The second-order valence-electron chi connectivity index (χ2n) is 5.13. The molecule has 0 amide bonds. The van der Waals surface area contributed by atoms with Gasteiger partial charge in [-0.3, -0.25) is 4.68 Å². The number of sulfonamides is 1. The summed E-state index contributed by atoms with van der Waals surface area (Å²) < 4.78 is 28.2. The third kappa shape index (κ3) is 3.20. The molecule has 8 heteroatoms. The summed E-state index contributed by atoms with van der Waals surface area (Å²) in [4.78, 5) is 0.166. The van der Waals surface area contributed by atoms with Crippen LogP contribution >= 0.6 is 0 Å². The van der Waals surface area contributed by atoms with Gasteiger partial charge in [0.1, 0.15) is 4.90 Å². The average Bonchev–Trinajstić information content (AvgIpc) is 2.59. The van der Waals surface area contributed by atoms with Gasteiger partial charge in [0.25, 0.3) is 0 Å². The molecule has 0 radical (unpaired) electrons. The highest BCUT2D eigenvalue weighted by molar-refractivity contribution is 7.89. The second kappa shape index (κ2) is 6.21. The van der Waals surface area contributed by atoms with Crippen LogP contribution in [0.4, 0.5) is 0 Å². The third-order valence-corrected chi connectivity index (χ3v) is 5.48. The minimum Gasteiger partial charge on any atom is -0.394 e. The molecule has 1 heterocycles. The summed E-state index contributed by atoms with van der Waals surface area (Å²) in [6, 6.07) is -0.333. The quantitative estimate of drug-likeness (QED) is 0.758. The first-order valence-corrected chi connectivity index (χ1v) is 7.87. The lowest BCUT2D eigenvalue weighted by molar-refractivity contribution is 0.0738. The van der Waals surface area contributed by atoms with E-state index in [2.05, 4.69) is 5.10 Å². The monoisotopic (exact) mass is 305 g/mol. The summed E-state index contributed by atoms with van der Waals surface area (Å²) in [6.07, 6.45) is -1.11. The van der Waals surface area contributed by atoms with E-state index in [1.54, 1.807) is 34.7 Å². The van der Waals surface area contributed by atoms with Gasteiger partial charge in [-0.1, -0.05) is 0 Å². The Labute approximate surface area is 119 Å². The van der Waals surface area contributed by atoms with E-state index in [9.17, 15) is 13.5 Å². The predicted octanol–water partition coefficient (Wildman–Crippen LogP) is -0.211. The van der Waals surface area contributed by atoms with Gasteiger partial charge < -0.3 is 10.2 Å². The van der Waals surface area contributed by atoms with Gasteiger partial charge in [0.15, 0.2) is 0 Å². The van der Waals surface area contributed by atoms with Crippen molar-refractivity contribution in [2.45, 2.75) is 44.7 Å². The Kier molecular flexibility index (Phi) is 5.31. The van der Waals surface area contributed by atoms with Gasteiger partial charge in [-0.2, -0.15) is 9.40 Å². The Morgan fingerprint density at radius 1 is 1.35 bits per heavy atom. The van der Waals surface area contributed by atoms with Gasteiger partial charge in [-0.15, -0.1) is 0 Å². The number of hydrogen-bond donors (Lipinski definition) is 2. The Bertz CT molecular complexity index is 566. The molecule has 0 aliphatic heterocycles. The van der Waals surface area contributed by atoms with Crippen molar-refractivity contribution < 1.29 is 18.6 Å². The molecule has 1 unspecified atom stereocenters. The molecule has 0 aliphatic rings. The highest BCUT2D eigenvalue weighted by Gasteiger charge is 2.33. The molecular formula is C12H23N3O4S. The van der Waals surface area contributed by atoms with E-state index in [0.29, 0.717) is 11.4 Å². The van der Waals surface area contributed by atoms with E-state index in [1.807, 2.05) is 0 Å². The van der Waals surface area contributed by atoms with Crippen molar-refractivity contribution in [1.82, 2.24) is 14.1 Å². The molecule has 7 nitrogen and oxygen atoms in total. The molecule has 0 saturated carbocycles. The van der Waals surface area contributed by atoms with E-state index in [-0.39, 0.29) is 17.5 Å². The summed E-state index contributed by atoms with van der Waals surface area (Å²) in [6.45, 7) is 6.15. The first kappa shape index (κ1) is 17.1. The number of hydrogen-bond acceptors (Lipinski definition) is 5. The lowest BCUT2D eigenvalue weighted by Gasteiger charge is -2.27. The highest BCUT2D eigenvalue weighted by atomic mass is 32.2. The van der Waals surface area contributed by atoms with Crippen LogP contribution in [0.25, 0.3) is 0 Å². The van der Waals surface area contributed by atoms with Crippen LogP contribution in [-0.4, -0.2) is 58.0 Å². The van der Waals surface area contributed by atoms with Gasteiger partial charge in [-0.25, -0.2) is 8.42 Å². The standard InChI is InChI=1S/C12H23N3O4S/c1-8(2)15(6-11(17)7-16)20(18,19)12-9(3)13-14(5)10(12)4/h8,11,16-17H,6-7H2,1-5H3. The minimum atomic E-state index is -3.77. The van der Waals surface area contributed by atoms with Gasteiger partial charge >= 0.3 is 0 Å². The molecule has 2 N–H and O–H groups in total.